The molecule has 0 N–H and O–H groups in total. The Morgan fingerprint density at radius 1 is 0.415 bits per heavy atom. The number of para-hydroxylation sites is 2. The van der Waals surface area contributed by atoms with Crippen molar-refractivity contribution in [3.05, 3.63) is 199 Å². The van der Waals surface area contributed by atoms with Gasteiger partial charge in [-0.15, -0.1) is 0 Å². The van der Waals surface area contributed by atoms with Crippen molar-refractivity contribution >= 4 is 39.0 Å². The van der Waals surface area contributed by atoms with Crippen LogP contribution < -0.4 is 4.90 Å². The zero-order valence-electron chi connectivity index (χ0n) is 29.8. The van der Waals surface area contributed by atoms with E-state index in [1.54, 1.807) is 0 Å². The lowest BCUT2D eigenvalue weighted by atomic mass is 9.80. The van der Waals surface area contributed by atoms with E-state index in [-0.39, 0.29) is 5.41 Å². The number of benzene rings is 8. The summed E-state index contributed by atoms with van der Waals surface area (Å²) >= 11 is 0. The van der Waals surface area contributed by atoms with E-state index < -0.39 is 0 Å². The second-order valence-electron chi connectivity index (χ2n) is 14.5. The summed E-state index contributed by atoms with van der Waals surface area (Å²) in [5, 5.41) is 2.28. The fourth-order valence-corrected chi connectivity index (χ4v) is 8.55. The van der Waals surface area contributed by atoms with Crippen LogP contribution in [0.5, 0.6) is 0 Å². The van der Waals surface area contributed by atoms with Gasteiger partial charge in [0.1, 0.15) is 11.2 Å². The molecule has 9 aromatic rings. The molecular formula is C51H37NO. The Balaban J connectivity index is 1.22. The molecule has 53 heavy (non-hydrogen) atoms. The van der Waals surface area contributed by atoms with Gasteiger partial charge in [0.05, 0.1) is 5.69 Å². The van der Waals surface area contributed by atoms with Crippen molar-refractivity contribution in [3.8, 4) is 44.5 Å². The van der Waals surface area contributed by atoms with Crippen LogP contribution >= 0.6 is 0 Å². The predicted molar refractivity (Wildman–Crippen MR) is 222 cm³/mol. The molecule has 2 heteroatoms. The largest absolute Gasteiger partial charge is 0.455 e. The first-order valence-corrected chi connectivity index (χ1v) is 18.4. The van der Waals surface area contributed by atoms with Gasteiger partial charge in [-0.2, -0.15) is 0 Å². The molecule has 0 fully saturated rings. The minimum atomic E-state index is -0.273. The molecule has 0 saturated carbocycles. The quantitative estimate of drug-likeness (QED) is 0.174. The molecule has 0 spiro atoms. The average Bonchev–Trinajstić information content (AvgIpc) is 3.72. The molecule has 1 aromatic heterocycles. The van der Waals surface area contributed by atoms with Gasteiger partial charge < -0.3 is 9.32 Å². The maximum atomic E-state index is 6.64. The van der Waals surface area contributed by atoms with Crippen LogP contribution in [0.1, 0.15) is 25.0 Å². The van der Waals surface area contributed by atoms with Gasteiger partial charge in [-0.25, -0.2) is 0 Å². The number of nitrogens with zero attached hydrogens (tertiary/aromatic N) is 1. The van der Waals surface area contributed by atoms with E-state index in [0.717, 1.165) is 38.9 Å². The van der Waals surface area contributed by atoms with Gasteiger partial charge in [-0.05, 0) is 86.5 Å². The molecule has 1 aliphatic rings. The lowest BCUT2D eigenvalue weighted by Gasteiger charge is -2.33. The van der Waals surface area contributed by atoms with Gasteiger partial charge in [0.25, 0.3) is 0 Å². The third kappa shape index (κ3) is 5.02. The minimum absolute atomic E-state index is 0.273. The van der Waals surface area contributed by atoms with E-state index in [0.29, 0.717) is 0 Å². The van der Waals surface area contributed by atoms with E-state index in [1.807, 2.05) is 6.07 Å². The Kier molecular flexibility index (Phi) is 7.19. The van der Waals surface area contributed by atoms with Crippen LogP contribution in [0.4, 0.5) is 17.1 Å². The fourth-order valence-electron chi connectivity index (χ4n) is 8.55. The van der Waals surface area contributed by atoms with Crippen molar-refractivity contribution in [2.45, 2.75) is 19.3 Å². The van der Waals surface area contributed by atoms with Crippen LogP contribution in [0.25, 0.3) is 66.4 Å². The summed E-state index contributed by atoms with van der Waals surface area (Å²) in [6, 6.07) is 67.7. The van der Waals surface area contributed by atoms with Crippen LogP contribution in [0.15, 0.2) is 192 Å². The monoisotopic (exact) mass is 679 g/mol. The van der Waals surface area contributed by atoms with Gasteiger partial charge >= 0.3 is 0 Å². The normalized spacial score (nSPS) is 12.9. The second-order valence-corrected chi connectivity index (χ2v) is 14.5. The van der Waals surface area contributed by atoms with Crippen LogP contribution in [0.3, 0.4) is 0 Å². The molecule has 252 valence electrons. The van der Waals surface area contributed by atoms with E-state index in [9.17, 15) is 0 Å². The zero-order chi connectivity index (χ0) is 35.5. The van der Waals surface area contributed by atoms with E-state index in [4.69, 9.17) is 4.42 Å². The lowest BCUT2D eigenvalue weighted by molar-refractivity contribution is 0.660. The van der Waals surface area contributed by atoms with E-state index >= 15 is 0 Å². The van der Waals surface area contributed by atoms with Crippen molar-refractivity contribution in [1.82, 2.24) is 0 Å². The first-order valence-electron chi connectivity index (χ1n) is 18.4. The smallest absolute Gasteiger partial charge is 0.143 e. The first kappa shape index (κ1) is 31.1. The summed E-state index contributed by atoms with van der Waals surface area (Å²) in [4.78, 5) is 2.45. The Morgan fingerprint density at radius 3 is 1.60 bits per heavy atom. The Labute approximate surface area is 310 Å². The molecule has 0 radical (unpaired) electrons. The highest BCUT2D eigenvalue weighted by Gasteiger charge is 2.40. The maximum Gasteiger partial charge on any atom is 0.143 e. The van der Waals surface area contributed by atoms with Gasteiger partial charge in [0, 0.05) is 33.1 Å². The molecule has 0 bridgehead atoms. The minimum Gasteiger partial charge on any atom is -0.455 e. The SMILES string of the molecule is CC1(C)c2ccccc2-c2c(-c3cccc4c3oc3ccccc34)ccc(N(c3ccc(-c4ccccc4)cc3)c3ccc(-c4ccccc4)cc3)c21. The molecule has 2 nitrogen and oxygen atoms in total. The average molecular weight is 680 g/mol. The van der Waals surface area contributed by atoms with Crippen LogP contribution in [0, 0.1) is 0 Å². The first-order chi connectivity index (χ1) is 26.1. The molecule has 1 heterocycles. The molecule has 8 aromatic carbocycles. The number of anilines is 3. The second kappa shape index (κ2) is 12.3. The van der Waals surface area contributed by atoms with Crippen molar-refractivity contribution in [2.24, 2.45) is 0 Å². The standard InChI is InChI=1S/C51H37NO/c1-51(2)45-22-11-9-19-44(45)48-41(43-21-13-20-42-40-18-10-12-23-47(40)53-50(42)43)32-33-46(49(48)51)52(38-28-24-36(25-29-38)34-14-5-3-6-15-34)39-30-26-37(27-31-39)35-16-7-4-8-17-35/h3-33H,1-2H3. The van der Waals surface area contributed by atoms with Crippen molar-refractivity contribution < 1.29 is 4.42 Å². The Morgan fingerprint density at radius 2 is 0.943 bits per heavy atom. The molecule has 0 saturated heterocycles. The molecule has 0 aliphatic heterocycles. The van der Waals surface area contributed by atoms with E-state index in [2.05, 4.69) is 201 Å². The Hall–Kier alpha value is -6.64. The summed E-state index contributed by atoms with van der Waals surface area (Å²) in [7, 11) is 0. The van der Waals surface area contributed by atoms with Gasteiger partial charge in [-0.1, -0.05) is 166 Å². The van der Waals surface area contributed by atoms with Gasteiger partial charge in [-0.3, -0.25) is 0 Å². The molecular weight excluding hydrogens is 643 g/mol. The van der Waals surface area contributed by atoms with Crippen molar-refractivity contribution in [1.29, 1.82) is 0 Å². The molecule has 1 aliphatic carbocycles. The highest BCUT2D eigenvalue weighted by atomic mass is 16.3. The number of hydrogen-bond acceptors (Lipinski definition) is 2. The van der Waals surface area contributed by atoms with Crippen LogP contribution in [0.2, 0.25) is 0 Å². The highest BCUT2D eigenvalue weighted by molar-refractivity contribution is 6.11. The lowest BCUT2D eigenvalue weighted by Crippen LogP contribution is -2.20. The number of hydrogen-bond donors (Lipinski definition) is 0. The summed E-state index contributed by atoms with van der Waals surface area (Å²) < 4.78 is 6.64. The predicted octanol–water partition coefficient (Wildman–Crippen LogP) is 14.4. The zero-order valence-corrected chi connectivity index (χ0v) is 29.8. The molecule has 0 atom stereocenters. The van der Waals surface area contributed by atoms with Gasteiger partial charge in [0.2, 0.25) is 0 Å². The van der Waals surface area contributed by atoms with E-state index in [1.165, 1.54) is 55.8 Å². The number of fused-ring (bicyclic) bond motifs is 6. The van der Waals surface area contributed by atoms with Crippen molar-refractivity contribution in [2.75, 3.05) is 4.90 Å². The number of furan rings is 1. The van der Waals surface area contributed by atoms with Gasteiger partial charge in [0.15, 0.2) is 0 Å². The summed E-state index contributed by atoms with van der Waals surface area (Å²) in [6.07, 6.45) is 0. The van der Waals surface area contributed by atoms with Crippen molar-refractivity contribution in [3.63, 3.8) is 0 Å². The van der Waals surface area contributed by atoms with Crippen LogP contribution in [-0.4, -0.2) is 0 Å². The molecule has 10 rings (SSSR count). The summed E-state index contributed by atoms with van der Waals surface area (Å²) in [6.45, 7) is 4.75. The Bertz CT molecular complexity index is 2690. The highest BCUT2D eigenvalue weighted by Crippen LogP contribution is 2.57. The summed E-state index contributed by atoms with van der Waals surface area (Å²) in [5.41, 5.74) is 17.2. The topological polar surface area (TPSA) is 16.4 Å². The third-order valence-corrected chi connectivity index (χ3v) is 11.1. The maximum absolute atomic E-state index is 6.64. The molecule has 0 amide bonds. The van der Waals surface area contributed by atoms with Crippen LogP contribution in [-0.2, 0) is 5.41 Å². The number of rotatable bonds is 6. The molecule has 0 unspecified atom stereocenters. The fraction of sp³-hybridized carbons (Fsp3) is 0.0588. The third-order valence-electron chi connectivity index (χ3n) is 11.1. The summed E-state index contributed by atoms with van der Waals surface area (Å²) in [5.74, 6) is 0.